The largest absolute Gasteiger partial charge is 0.450 e. The van der Waals surface area contributed by atoms with E-state index in [1.54, 1.807) is 0 Å². The molecule has 0 bridgehead atoms. The summed E-state index contributed by atoms with van der Waals surface area (Å²) in [6.07, 6.45) is 0. The average Bonchev–Trinajstić information content (AvgIpc) is 2.59. The number of ether oxygens (including phenoxy) is 1. The molecule has 0 radical (unpaired) electrons. The monoisotopic (exact) mass is 347 g/mol. The van der Waals surface area contributed by atoms with Gasteiger partial charge in [-0.25, -0.2) is 0 Å². The molecule has 10 heteroatoms. The number of nitro benzene ring substituents is 2. The predicted molar refractivity (Wildman–Crippen MR) is 85.7 cm³/mol. The van der Waals surface area contributed by atoms with E-state index in [1.165, 1.54) is 24.3 Å². The maximum absolute atomic E-state index is 11.8. The summed E-state index contributed by atoms with van der Waals surface area (Å²) in [6.45, 7) is -0.130. The van der Waals surface area contributed by atoms with Crippen LogP contribution in [0, 0.1) is 20.2 Å². The topological polar surface area (TPSA) is 145 Å². The van der Waals surface area contributed by atoms with E-state index >= 15 is 0 Å². The van der Waals surface area contributed by atoms with Gasteiger partial charge in [-0.3, -0.25) is 25.0 Å². The Morgan fingerprint density at radius 2 is 1.88 bits per heavy atom. The number of aliphatic hydroxyl groups is 1. The van der Waals surface area contributed by atoms with E-state index in [4.69, 9.17) is 9.84 Å². The Morgan fingerprint density at radius 1 is 1.12 bits per heavy atom. The average molecular weight is 347 g/mol. The van der Waals surface area contributed by atoms with Gasteiger partial charge in [0.25, 0.3) is 11.6 Å². The first-order valence-electron chi connectivity index (χ1n) is 7.02. The molecule has 2 aromatic rings. The molecule has 0 aliphatic carbocycles. The maximum Gasteiger partial charge on any atom is 0.318 e. The molecule has 0 saturated carbocycles. The third-order valence-corrected chi connectivity index (χ3v) is 3.07. The SMILES string of the molecule is O=C(NCCO)c1cccc(Oc2ccc([N+](=O)[O-])cc2[N+](=O)[O-])c1. The number of benzene rings is 2. The van der Waals surface area contributed by atoms with Crippen molar-refractivity contribution < 1.29 is 24.5 Å². The van der Waals surface area contributed by atoms with Crippen molar-refractivity contribution in [2.45, 2.75) is 0 Å². The number of rotatable bonds is 7. The van der Waals surface area contributed by atoms with Crippen molar-refractivity contribution in [1.29, 1.82) is 0 Å². The van der Waals surface area contributed by atoms with Gasteiger partial charge in [-0.05, 0) is 24.3 Å². The molecule has 0 aliphatic rings. The van der Waals surface area contributed by atoms with E-state index in [0.717, 1.165) is 18.2 Å². The first kappa shape index (κ1) is 17.8. The second-order valence-electron chi connectivity index (χ2n) is 4.78. The van der Waals surface area contributed by atoms with Crippen LogP contribution in [0.1, 0.15) is 10.4 Å². The van der Waals surface area contributed by atoms with Gasteiger partial charge in [0.1, 0.15) is 5.75 Å². The normalized spacial score (nSPS) is 10.1. The summed E-state index contributed by atoms with van der Waals surface area (Å²) in [4.78, 5) is 32.1. The second kappa shape index (κ2) is 7.84. The lowest BCUT2D eigenvalue weighted by atomic mass is 10.2. The molecular weight excluding hydrogens is 334 g/mol. The minimum atomic E-state index is -0.792. The summed E-state index contributed by atoms with van der Waals surface area (Å²) in [5, 5.41) is 33.0. The number of carbonyl (C=O) groups is 1. The van der Waals surface area contributed by atoms with E-state index in [0.29, 0.717) is 0 Å². The van der Waals surface area contributed by atoms with E-state index in [1.807, 2.05) is 0 Å². The number of hydrogen-bond acceptors (Lipinski definition) is 7. The molecule has 1 amide bonds. The first-order chi connectivity index (χ1) is 11.9. The van der Waals surface area contributed by atoms with Crippen molar-refractivity contribution in [3.8, 4) is 11.5 Å². The minimum Gasteiger partial charge on any atom is -0.450 e. The van der Waals surface area contributed by atoms with Gasteiger partial charge in [0.15, 0.2) is 0 Å². The highest BCUT2D eigenvalue weighted by Crippen LogP contribution is 2.34. The number of amides is 1. The summed E-state index contributed by atoms with van der Waals surface area (Å²) >= 11 is 0. The van der Waals surface area contributed by atoms with E-state index in [9.17, 15) is 25.0 Å². The van der Waals surface area contributed by atoms with Gasteiger partial charge in [-0.15, -0.1) is 0 Å². The summed E-state index contributed by atoms with van der Waals surface area (Å²) in [5.74, 6) is -0.491. The highest BCUT2D eigenvalue weighted by Gasteiger charge is 2.21. The molecule has 130 valence electrons. The lowest BCUT2D eigenvalue weighted by molar-refractivity contribution is -0.394. The molecule has 0 saturated heterocycles. The van der Waals surface area contributed by atoms with E-state index < -0.39 is 27.1 Å². The number of non-ortho nitro benzene ring substituents is 1. The van der Waals surface area contributed by atoms with Crippen LogP contribution in [-0.2, 0) is 0 Å². The van der Waals surface area contributed by atoms with Crippen LogP contribution in [0.25, 0.3) is 0 Å². The number of nitrogens with zero attached hydrogens (tertiary/aromatic N) is 2. The van der Waals surface area contributed by atoms with Crippen LogP contribution < -0.4 is 10.1 Å². The van der Waals surface area contributed by atoms with Crippen LogP contribution in [0.3, 0.4) is 0 Å². The van der Waals surface area contributed by atoms with Gasteiger partial charge < -0.3 is 15.2 Å². The first-order valence-corrected chi connectivity index (χ1v) is 7.02. The Hall–Kier alpha value is -3.53. The molecule has 0 fully saturated rings. The number of carbonyl (C=O) groups excluding carboxylic acids is 1. The van der Waals surface area contributed by atoms with Crippen molar-refractivity contribution in [2.24, 2.45) is 0 Å². The number of nitrogens with one attached hydrogen (secondary N) is 1. The van der Waals surface area contributed by atoms with Gasteiger partial charge in [-0.2, -0.15) is 0 Å². The van der Waals surface area contributed by atoms with Crippen LogP contribution in [0.4, 0.5) is 11.4 Å². The van der Waals surface area contributed by atoms with Crippen molar-refractivity contribution in [2.75, 3.05) is 13.2 Å². The maximum atomic E-state index is 11.8. The van der Waals surface area contributed by atoms with E-state index in [2.05, 4.69) is 5.32 Å². The fraction of sp³-hybridized carbons (Fsp3) is 0.133. The van der Waals surface area contributed by atoms with Gasteiger partial charge in [0.2, 0.25) is 5.75 Å². The molecule has 0 spiro atoms. The molecule has 0 heterocycles. The van der Waals surface area contributed by atoms with Crippen LogP contribution in [0.2, 0.25) is 0 Å². The summed E-state index contributed by atoms with van der Waals surface area (Å²) in [7, 11) is 0. The van der Waals surface area contributed by atoms with Gasteiger partial charge in [-0.1, -0.05) is 6.07 Å². The molecule has 25 heavy (non-hydrogen) atoms. The van der Waals surface area contributed by atoms with Gasteiger partial charge in [0, 0.05) is 18.2 Å². The number of hydrogen-bond donors (Lipinski definition) is 2. The molecule has 0 atom stereocenters. The lowest BCUT2D eigenvalue weighted by Gasteiger charge is -2.08. The predicted octanol–water partition coefficient (Wildman–Crippen LogP) is 2.02. The Morgan fingerprint density at radius 3 is 2.52 bits per heavy atom. The van der Waals surface area contributed by atoms with Gasteiger partial charge in [0.05, 0.1) is 22.5 Å². The zero-order valence-electron chi connectivity index (χ0n) is 12.7. The molecule has 0 aliphatic heterocycles. The Bertz CT molecular complexity index is 823. The van der Waals surface area contributed by atoms with Crippen LogP contribution in [0.5, 0.6) is 11.5 Å². The molecule has 2 N–H and O–H groups in total. The third-order valence-electron chi connectivity index (χ3n) is 3.07. The molecule has 0 aromatic heterocycles. The van der Waals surface area contributed by atoms with Crippen LogP contribution >= 0.6 is 0 Å². The smallest absolute Gasteiger partial charge is 0.318 e. The third kappa shape index (κ3) is 4.48. The van der Waals surface area contributed by atoms with Crippen molar-refractivity contribution in [3.05, 3.63) is 68.3 Å². The summed E-state index contributed by atoms with van der Waals surface area (Å²) in [5.41, 5.74) is -0.768. The van der Waals surface area contributed by atoms with Gasteiger partial charge >= 0.3 is 5.69 Å². The second-order valence-corrected chi connectivity index (χ2v) is 4.78. The Balaban J connectivity index is 2.29. The summed E-state index contributed by atoms with van der Waals surface area (Å²) in [6, 6.07) is 8.86. The zero-order valence-corrected chi connectivity index (χ0v) is 12.7. The molecular formula is C15H13N3O7. The number of nitro groups is 2. The highest BCUT2D eigenvalue weighted by atomic mass is 16.6. The Labute approximate surface area is 141 Å². The quantitative estimate of drug-likeness (QED) is 0.575. The molecule has 2 aromatic carbocycles. The van der Waals surface area contributed by atoms with Crippen molar-refractivity contribution >= 4 is 17.3 Å². The lowest BCUT2D eigenvalue weighted by Crippen LogP contribution is -2.26. The summed E-state index contributed by atoms with van der Waals surface area (Å²) < 4.78 is 5.41. The van der Waals surface area contributed by atoms with Crippen LogP contribution in [0.15, 0.2) is 42.5 Å². The molecule has 0 unspecified atom stereocenters. The zero-order chi connectivity index (χ0) is 18.4. The fourth-order valence-corrected chi connectivity index (χ4v) is 1.95. The molecule has 2 rings (SSSR count). The Kier molecular flexibility index (Phi) is 5.58. The van der Waals surface area contributed by atoms with Crippen molar-refractivity contribution in [3.63, 3.8) is 0 Å². The minimum absolute atomic E-state index is 0.0811. The fourth-order valence-electron chi connectivity index (χ4n) is 1.95. The highest BCUT2D eigenvalue weighted by molar-refractivity contribution is 5.94. The molecule has 10 nitrogen and oxygen atoms in total. The van der Waals surface area contributed by atoms with Crippen LogP contribution in [-0.4, -0.2) is 34.0 Å². The number of aliphatic hydroxyl groups excluding tert-OH is 1. The van der Waals surface area contributed by atoms with E-state index in [-0.39, 0.29) is 30.2 Å². The standard InChI is InChI=1S/C15H13N3O7/c19-7-6-16-15(20)10-2-1-3-12(8-10)25-14-5-4-11(17(21)22)9-13(14)18(23)24/h1-5,8-9,19H,6-7H2,(H,16,20). The van der Waals surface area contributed by atoms with Crippen molar-refractivity contribution in [1.82, 2.24) is 5.32 Å².